The molecule has 0 spiro atoms. The highest BCUT2D eigenvalue weighted by atomic mass is 35.5. The molecule has 0 fully saturated rings. The largest absolute Gasteiger partial charge is 0.380 e. The molecule has 0 aliphatic rings. The van der Waals surface area contributed by atoms with Gasteiger partial charge in [0, 0.05) is 18.2 Å². The molecule has 0 amide bonds. The molecular formula is C11H16ClNO. The molecular weight excluding hydrogens is 198 g/mol. The van der Waals surface area contributed by atoms with Gasteiger partial charge in [0.25, 0.3) is 0 Å². The first kappa shape index (κ1) is 11.5. The van der Waals surface area contributed by atoms with Crippen LogP contribution in [0.15, 0.2) is 18.2 Å². The summed E-state index contributed by atoms with van der Waals surface area (Å²) in [6.45, 7) is 2.56. The van der Waals surface area contributed by atoms with Gasteiger partial charge in [0.15, 0.2) is 0 Å². The maximum atomic E-state index is 6.10. The number of hydrogen-bond donors (Lipinski definition) is 1. The van der Waals surface area contributed by atoms with E-state index >= 15 is 0 Å². The Morgan fingerprint density at radius 2 is 2.21 bits per heavy atom. The van der Waals surface area contributed by atoms with Gasteiger partial charge >= 0.3 is 0 Å². The van der Waals surface area contributed by atoms with E-state index in [0.29, 0.717) is 6.61 Å². The minimum absolute atomic E-state index is 0.116. The van der Waals surface area contributed by atoms with Gasteiger partial charge < -0.3 is 10.5 Å². The van der Waals surface area contributed by atoms with Crippen molar-refractivity contribution in [3.8, 4) is 0 Å². The summed E-state index contributed by atoms with van der Waals surface area (Å²) in [5, 5.41) is 0.775. The molecule has 0 aromatic heterocycles. The molecule has 1 aromatic rings. The lowest BCUT2D eigenvalue weighted by atomic mass is 10.0. The summed E-state index contributed by atoms with van der Waals surface area (Å²) >= 11 is 6.10. The third kappa shape index (κ3) is 2.98. The zero-order valence-electron chi connectivity index (χ0n) is 8.59. The maximum absolute atomic E-state index is 6.10. The second kappa shape index (κ2) is 5.35. The topological polar surface area (TPSA) is 35.2 Å². The smallest absolute Gasteiger partial charge is 0.0716 e. The van der Waals surface area contributed by atoms with Crippen molar-refractivity contribution in [1.29, 1.82) is 0 Å². The van der Waals surface area contributed by atoms with E-state index in [1.54, 1.807) is 7.11 Å². The van der Waals surface area contributed by atoms with Gasteiger partial charge in [0.2, 0.25) is 0 Å². The van der Waals surface area contributed by atoms with Crippen molar-refractivity contribution in [2.45, 2.75) is 26.0 Å². The van der Waals surface area contributed by atoms with E-state index < -0.39 is 0 Å². The lowest BCUT2D eigenvalue weighted by Crippen LogP contribution is -2.19. The van der Waals surface area contributed by atoms with Crippen LogP contribution in [0.2, 0.25) is 5.02 Å². The molecule has 14 heavy (non-hydrogen) atoms. The van der Waals surface area contributed by atoms with Crippen molar-refractivity contribution in [3.63, 3.8) is 0 Å². The molecule has 2 nitrogen and oxygen atoms in total. The zero-order chi connectivity index (χ0) is 10.6. The molecule has 0 saturated heterocycles. The number of halogens is 1. The van der Waals surface area contributed by atoms with Gasteiger partial charge in [-0.15, -0.1) is 0 Å². The minimum atomic E-state index is 0.116. The fourth-order valence-electron chi connectivity index (χ4n) is 1.44. The summed E-state index contributed by atoms with van der Waals surface area (Å²) in [5.74, 6) is 0. The van der Waals surface area contributed by atoms with Gasteiger partial charge in [-0.05, 0) is 30.5 Å². The summed E-state index contributed by atoms with van der Waals surface area (Å²) < 4.78 is 5.11. The van der Waals surface area contributed by atoms with Crippen molar-refractivity contribution in [3.05, 3.63) is 34.3 Å². The molecule has 0 heterocycles. The van der Waals surface area contributed by atoms with Gasteiger partial charge in [0.1, 0.15) is 0 Å². The molecule has 0 aliphatic heterocycles. The predicted octanol–water partition coefficient (Wildman–Crippen LogP) is 2.38. The summed E-state index contributed by atoms with van der Waals surface area (Å²) in [5.41, 5.74) is 7.98. The molecule has 78 valence electrons. The first-order valence-corrected chi connectivity index (χ1v) is 5.03. The minimum Gasteiger partial charge on any atom is -0.380 e. The van der Waals surface area contributed by atoms with Crippen LogP contribution in [0.5, 0.6) is 0 Å². The normalized spacial score (nSPS) is 12.9. The number of rotatable bonds is 4. The van der Waals surface area contributed by atoms with Crippen LogP contribution in [-0.4, -0.2) is 13.2 Å². The summed E-state index contributed by atoms with van der Waals surface area (Å²) in [6.07, 6.45) is 0.790. The second-order valence-corrected chi connectivity index (χ2v) is 3.90. The Morgan fingerprint density at radius 3 is 2.79 bits per heavy atom. The van der Waals surface area contributed by atoms with Gasteiger partial charge in [-0.2, -0.15) is 0 Å². The van der Waals surface area contributed by atoms with Crippen LogP contribution >= 0.6 is 11.6 Å². The summed E-state index contributed by atoms with van der Waals surface area (Å²) in [6, 6.07) is 5.96. The van der Waals surface area contributed by atoms with Crippen molar-refractivity contribution < 1.29 is 4.74 Å². The first-order chi connectivity index (χ1) is 6.65. The van der Waals surface area contributed by atoms with Crippen molar-refractivity contribution in [2.75, 3.05) is 7.11 Å². The van der Waals surface area contributed by atoms with Crippen LogP contribution in [-0.2, 0) is 17.8 Å². The Hall–Kier alpha value is -0.570. The van der Waals surface area contributed by atoms with Crippen LogP contribution < -0.4 is 5.73 Å². The molecule has 1 unspecified atom stereocenters. The van der Waals surface area contributed by atoms with Crippen LogP contribution in [0.1, 0.15) is 18.1 Å². The van der Waals surface area contributed by atoms with Gasteiger partial charge in [-0.3, -0.25) is 0 Å². The fourth-order valence-corrected chi connectivity index (χ4v) is 1.72. The molecule has 0 bridgehead atoms. The Labute approximate surface area is 90.0 Å². The highest BCUT2D eigenvalue weighted by Crippen LogP contribution is 2.21. The van der Waals surface area contributed by atoms with Crippen molar-refractivity contribution in [1.82, 2.24) is 0 Å². The van der Waals surface area contributed by atoms with Crippen LogP contribution in [0.3, 0.4) is 0 Å². The quantitative estimate of drug-likeness (QED) is 0.834. The highest BCUT2D eigenvalue weighted by Gasteiger charge is 2.08. The first-order valence-electron chi connectivity index (χ1n) is 4.66. The third-order valence-electron chi connectivity index (χ3n) is 2.04. The van der Waals surface area contributed by atoms with E-state index in [9.17, 15) is 0 Å². The Kier molecular flexibility index (Phi) is 4.39. The number of ether oxygens (including phenoxy) is 1. The number of nitrogens with two attached hydrogens (primary N) is 1. The average Bonchev–Trinajstić information content (AvgIpc) is 2.11. The van der Waals surface area contributed by atoms with E-state index in [1.807, 2.05) is 25.1 Å². The van der Waals surface area contributed by atoms with Crippen LogP contribution in [0, 0.1) is 0 Å². The molecule has 1 aromatic carbocycles. The molecule has 0 aliphatic carbocycles. The number of hydrogen-bond acceptors (Lipinski definition) is 2. The lowest BCUT2D eigenvalue weighted by molar-refractivity contribution is 0.184. The van der Waals surface area contributed by atoms with E-state index in [4.69, 9.17) is 22.1 Å². The molecule has 0 saturated carbocycles. The lowest BCUT2D eigenvalue weighted by Gasteiger charge is -2.12. The Balaban J connectivity index is 2.96. The highest BCUT2D eigenvalue weighted by molar-refractivity contribution is 6.31. The predicted molar refractivity (Wildman–Crippen MR) is 59.5 cm³/mol. The number of methoxy groups -OCH3 is 1. The molecule has 1 atom stereocenters. The van der Waals surface area contributed by atoms with Crippen molar-refractivity contribution in [2.24, 2.45) is 5.73 Å². The van der Waals surface area contributed by atoms with Crippen molar-refractivity contribution >= 4 is 11.6 Å². The van der Waals surface area contributed by atoms with Crippen LogP contribution in [0.4, 0.5) is 0 Å². The van der Waals surface area contributed by atoms with Gasteiger partial charge in [-0.25, -0.2) is 0 Å². The summed E-state index contributed by atoms with van der Waals surface area (Å²) in [4.78, 5) is 0. The molecule has 0 radical (unpaired) electrons. The standard InChI is InChI=1S/C11H16ClNO/c1-8(13)6-10-9(7-14-2)4-3-5-11(10)12/h3-5,8H,6-7,13H2,1-2H3. The van der Waals surface area contributed by atoms with E-state index in [-0.39, 0.29) is 6.04 Å². The second-order valence-electron chi connectivity index (χ2n) is 3.49. The zero-order valence-corrected chi connectivity index (χ0v) is 9.34. The third-order valence-corrected chi connectivity index (χ3v) is 2.40. The molecule has 2 N–H and O–H groups in total. The fraction of sp³-hybridized carbons (Fsp3) is 0.455. The SMILES string of the molecule is COCc1cccc(Cl)c1CC(C)N. The van der Waals surface area contributed by atoms with Gasteiger partial charge in [-0.1, -0.05) is 23.7 Å². The van der Waals surface area contributed by atoms with Crippen LogP contribution in [0.25, 0.3) is 0 Å². The Bertz CT molecular complexity index is 299. The Morgan fingerprint density at radius 1 is 1.50 bits per heavy atom. The van der Waals surface area contributed by atoms with Gasteiger partial charge in [0.05, 0.1) is 6.61 Å². The molecule has 1 rings (SSSR count). The maximum Gasteiger partial charge on any atom is 0.0716 e. The molecule has 3 heteroatoms. The summed E-state index contributed by atoms with van der Waals surface area (Å²) in [7, 11) is 1.68. The average molecular weight is 214 g/mol. The monoisotopic (exact) mass is 213 g/mol. The number of benzene rings is 1. The van der Waals surface area contributed by atoms with E-state index in [0.717, 1.165) is 22.6 Å². The van der Waals surface area contributed by atoms with E-state index in [1.165, 1.54) is 0 Å². The van der Waals surface area contributed by atoms with E-state index in [2.05, 4.69) is 0 Å².